The molecule has 2 N–H and O–H groups in total. The first-order valence-corrected chi connectivity index (χ1v) is 9.79. The Labute approximate surface area is 146 Å². The molecule has 2 aromatic carbocycles. The van der Waals surface area contributed by atoms with Crippen molar-refractivity contribution in [2.75, 3.05) is 6.54 Å². The van der Waals surface area contributed by atoms with E-state index in [1.807, 2.05) is 6.92 Å². The molecule has 4 nitrogen and oxygen atoms in total. The van der Waals surface area contributed by atoms with Gasteiger partial charge in [0.15, 0.2) is 0 Å². The van der Waals surface area contributed by atoms with Crippen molar-refractivity contribution in [3.05, 3.63) is 65.1 Å². The molecule has 1 aromatic heterocycles. The van der Waals surface area contributed by atoms with Crippen LogP contribution in [0.4, 0.5) is 4.39 Å². The fraction of sp³-hybridized carbons (Fsp3) is 0.263. The highest BCUT2D eigenvalue weighted by molar-refractivity contribution is 7.89. The summed E-state index contributed by atoms with van der Waals surface area (Å²) in [5.74, 6) is -0.327. The van der Waals surface area contributed by atoms with Gasteiger partial charge in [0.2, 0.25) is 10.0 Å². The van der Waals surface area contributed by atoms with Crippen LogP contribution in [0.2, 0.25) is 0 Å². The van der Waals surface area contributed by atoms with Gasteiger partial charge in [0.1, 0.15) is 5.82 Å². The zero-order valence-electron chi connectivity index (χ0n) is 13.8. The molecule has 0 saturated carbocycles. The maximum absolute atomic E-state index is 13.0. The van der Waals surface area contributed by atoms with Gasteiger partial charge in [0, 0.05) is 29.1 Å². The van der Waals surface area contributed by atoms with Crippen LogP contribution in [-0.2, 0) is 16.4 Å². The number of hydrogen-bond acceptors (Lipinski definition) is 2. The molecule has 4 rings (SSSR count). The summed E-state index contributed by atoms with van der Waals surface area (Å²) in [6.07, 6.45) is 1.83. The van der Waals surface area contributed by atoms with E-state index < -0.39 is 15.8 Å². The molecular formula is C19H19FN2O2S. The fourth-order valence-corrected chi connectivity index (χ4v) is 4.87. The molecule has 0 spiro atoms. The maximum Gasteiger partial charge on any atom is 0.240 e. The van der Waals surface area contributed by atoms with E-state index in [1.165, 1.54) is 28.6 Å². The van der Waals surface area contributed by atoms with Gasteiger partial charge in [-0.15, -0.1) is 0 Å². The second kappa shape index (κ2) is 5.97. The zero-order valence-corrected chi connectivity index (χ0v) is 14.7. The number of rotatable bonds is 4. The SMILES string of the molecule is Cc1[nH]c2cccc3c2c1C(CNS(=O)(=O)c1ccc(F)cc1)CC3. The first-order chi connectivity index (χ1) is 12.0. The normalized spacial score (nSPS) is 17.1. The topological polar surface area (TPSA) is 62.0 Å². The van der Waals surface area contributed by atoms with Crippen LogP contribution in [0.15, 0.2) is 47.4 Å². The van der Waals surface area contributed by atoms with Crippen LogP contribution in [0.3, 0.4) is 0 Å². The molecule has 6 heteroatoms. The number of sulfonamides is 1. The lowest BCUT2D eigenvalue weighted by Crippen LogP contribution is -2.29. The number of nitrogens with one attached hydrogen (secondary N) is 2. The Morgan fingerprint density at radius 2 is 1.96 bits per heavy atom. The molecule has 1 atom stereocenters. The summed E-state index contributed by atoms with van der Waals surface area (Å²) in [5, 5.41) is 1.23. The second-order valence-electron chi connectivity index (χ2n) is 6.54. The van der Waals surface area contributed by atoms with Crippen molar-refractivity contribution in [1.82, 2.24) is 9.71 Å². The molecule has 1 aliphatic rings. The summed E-state index contributed by atoms with van der Waals surface area (Å²) in [5.41, 5.74) is 4.72. The lowest BCUT2D eigenvalue weighted by molar-refractivity contribution is 0.555. The van der Waals surface area contributed by atoms with E-state index in [1.54, 1.807) is 0 Å². The van der Waals surface area contributed by atoms with E-state index in [9.17, 15) is 12.8 Å². The van der Waals surface area contributed by atoms with Crippen molar-refractivity contribution >= 4 is 20.9 Å². The van der Waals surface area contributed by atoms with Crippen molar-refractivity contribution in [3.8, 4) is 0 Å². The summed E-state index contributed by atoms with van der Waals surface area (Å²) in [6, 6.07) is 11.1. The van der Waals surface area contributed by atoms with Crippen LogP contribution in [0.1, 0.15) is 29.2 Å². The molecule has 0 saturated heterocycles. The predicted octanol–water partition coefficient (Wildman–Crippen LogP) is 3.62. The van der Waals surface area contributed by atoms with Crippen molar-refractivity contribution in [3.63, 3.8) is 0 Å². The van der Waals surface area contributed by atoms with Gasteiger partial charge < -0.3 is 4.98 Å². The predicted molar refractivity (Wildman–Crippen MR) is 95.7 cm³/mol. The van der Waals surface area contributed by atoms with Gasteiger partial charge in [-0.2, -0.15) is 0 Å². The van der Waals surface area contributed by atoms with Gasteiger partial charge in [-0.05, 0) is 61.2 Å². The van der Waals surface area contributed by atoms with E-state index in [0.29, 0.717) is 6.54 Å². The standard InChI is InChI=1S/C19H19FN2O2S/c1-12-18-14(6-5-13-3-2-4-17(22-12)19(13)18)11-21-25(23,24)16-9-7-15(20)8-10-16/h2-4,7-10,14,21-22H,5-6,11H2,1H3. The summed E-state index contributed by atoms with van der Waals surface area (Å²) < 4.78 is 40.6. The highest BCUT2D eigenvalue weighted by atomic mass is 32.2. The van der Waals surface area contributed by atoms with Crippen LogP contribution >= 0.6 is 0 Å². The van der Waals surface area contributed by atoms with Gasteiger partial charge in [-0.1, -0.05) is 12.1 Å². The molecule has 130 valence electrons. The monoisotopic (exact) mass is 358 g/mol. The summed E-state index contributed by atoms with van der Waals surface area (Å²) in [6.45, 7) is 2.37. The molecular weight excluding hydrogens is 339 g/mol. The summed E-state index contributed by atoms with van der Waals surface area (Å²) >= 11 is 0. The minimum absolute atomic E-state index is 0.0843. The average Bonchev–Trinajstić information content (AvgIpc) is 2.93. The largest absolute Gasteiger partial charge is 0.358 e. The average molecular weight is 358 g/mol. The lowest BCUT2D eigenvalue weighted by atomic mass is 9.83. The quantitative estimate of drug-likeness (QED) is 0.748. The van der Waals surface area contributed by atoms with Crippen LogP contribution in [0.25, 0.3) is 10.9 Å². The Balaban J connectivity index is 1.61. The molecule has 1 aliphatic carbocycles. The molecule has 1 unspecified atom stereocenters. The number of halogens is 1. The maximum atomic E-state index is 13.0. The number of aromatic amines is 1. The van der Waals surface area contributed by atoms with E-state index >= 15 is 0 Å². The Hall–Kier alpha value is -2.18. The van der Waals surface area contributed by atoms with E-state index in [0.717, 1.165) is 36.2 Å². The fourth-order valence-electron chi connectivity index (χ4n) is 3.78. The molecule has 1 heterocycles. The van der Waals surface area contributed by atoms with Crippen LogP contribution in [0, 0.1) is 12.7 Å². The number of benzene rings is 2. The van der Waals surface area contributed by atoms with Gasteiger partial charge in [0.05, 0.1) is 4.90 Å². The van der Waals surface area contributed by atoms with Crippen molar-refractivity contribution in [2.45, 2.75) is 30.6 Å². The van der Waals surface area contributed by atoms with Crippen LogP contribution in [0.5, 0.6) is 0 Å². The highest BCUT2D eigenvalue weighted by Crippen LogP contribution is 2.38. The lowest BCUT2D eigenvalue weighted by Gasteiger charge is -2.24. The smallest absolute Gasteiger partial charge is 0.240 e. The Morgan fingerprint density at radius 1 is 1.20 bits per heavy atom. The number of H-pyrrole nitrogens is 1. The van der Waals surface area contributed by atoms with E-state index in [2.05, 4.69) is 27.9 Å². The molecule has 0 amide bonds. The van der Waals surface area contributed by atoms with Crippen molar-refractivity contribution in [1.29, 1.82) is 0 Å². The number of aromatic nitrogens is 1. The number of hydrogen-bond donors (Lipinski definition) is 2. The first kappa shape index (κ1) is 16.3. The third kappa shape index (κ3) is 2.85. The third-order valence-electron chi connectivity index (χ3n) is 4.96. The zero-order chi connectivity index (χ0) is 17.6. The van der Waals surface area contributed by atoms with Gasteiger partial charge in [-0.25, -0.2) is 17.5 Å². The number of aryl methyl sites for hydroxylation is 2. The molecule has 0 bridgehead atoms. The molecule has 0 aliphatic heterocycles. The van der Waals surface area contributed by atoms with Crippen molar-refractivity contribution in [2.24, 2.45) is 0 Å². The Bertz CT molecular complexity index is 1040. The molecule has 0 fully saturated rings. The summed E-state index contributed by atoms with van der Waals surface area (Å²) in [4.78, 5) is 3.49. The van der Waals surface area contributed by atoms with Gasteiger partial charge in [0.25, 0.3) is 0 Å². The molecule has 25 heavy (non-hydrogen) atoms. The van der Waals surface area contributed by atoms with Gasteiger partial charge in [-0.3, -0.25) is 0 Å². The Kier molecular flexibility index (Phi) is 3.89. The van der Waals surface area contributed by atoms with Gasteiger partial charge >= 0.3 is 0 Å². The molecule has 3 aromatic rings. The third-order valence-corrected chi connectivity index (χ3v) is 6.40. The highest BCUT2D eigenvalue weighted by Gasteiger charge is 2.26. The first-order valence-electron chi connectivity index (χ1n) is 8.31. The minimum atomic E-state index is -3.65. The Morgan fingerprint density at radius 3 is 2.72 bits per heavy atom. The summed E-state index contributed by atoms with van der Waals surface area (Å²) in [7, 11) is -3.65. The van der Waals surface area contributed by atoms with Crippen LogP contribution < -0.4 is 4.72 Å². The second-order valence-corrected chi connectivity index (χ2v) is 8.31. The van der Waals surface area contributed by atoms with Crippen LogP contribution in [-0.4, -0.2) is 19.9 Å². The minimum Gasteiger partial charge on any atom is -0.358 e. The van der Waals surface area contributed by atoms with Crippen molar-refractivity contribution < 1.29 is 12.8 Å². The van der Waals surface area contributed by atoms with E-state index in [4.69, 9.17) is 0 Å². The van der Waals surface area contributed by atoms with E-state index in [-0.39, 0.29) is 10.8 Å². The molecule has 0 radical (unpaired) electrons.